The molecule has 0 spiro atoms. The topological polar surface area (TPSA) is 58.4 Å². The monoisotopic (exact) mass is 313 g/mol. The number of nitro benzene ring substituents is 1. The Bertz CT molecular complexity index is 447. The Morgan fingerprint density at radius 3 is 2.94 bits per heavy atom. The van der Waals surface area contributed by atoms with E-state index in [1.807, 2.05) is 19.1 Å². The van der Waals surface area contributed by atoms with Crippen molar-refractivity contribution in [1.82, 2.24) is 5.32 Å². The molecule has 2 rings (SSSR count). The second kappa shape index (κ2) is 5.67. The van der Waals surface area contributed by atoms with Crippen LogP contribution in [0.5, 0.6) is 0 Å². The van der Waals surface area contributed by atoms with Gasteiger partial charge in [0, 0.05) is 29.7 Å². The highest BCUT2D eigenvalue weighted by Crippen LogP contribution is 2.33. The number of hydrogen-bond acceptors (Lipinski definition) is 4. The van der Waals surface area contributed by atoms with E-state index in [-0.39, 0.29) is 10.6 Å². The van der Waals surface area contributed by atoms with Gasteiger partial charge in [-0.2, -0.15) is 0 Å². The molecule has 1 fully saturated rings. The average molecular weight is 314 g/mol. The predicted octanol–water partition coefficient (Wildman–Crippen LogP) is 2.55. The minimum Gasteiger partial charge on any atom is -0.362 e. The standard InChI is InChI=1S/C12H16BrN3O2/c1-2-15(10-5-6-14-8-10)11-4-3-9(13)7-12(11)16(17)18/h3-4,7,10,14H,2,5-6,8H2,1H3. The van der Waals surface area contributed by atoms with Gasteiger partial charge in [0.2, 0.25) is 0 Å². The summed E-state index contributed by atoms with van der Waals surface area (Å²) in [6, 6.07) is 5.59. The van der Waals surface area contributed by atoms with Crippen molar-refractivity contribution < 1.29 is 4.92 Å². The highest BCUT2D eigenvalue weighted by Gasteiger charge is 2.26. The van der Waals surface area contributed by atoms with Gasteiger partial charge in [0.1, 0.15) is 5.69 Å². The van der Waals surface area contributed by atoms with Gasteiger partial charge in [-0.15, -0.1) is 0 Å². The van der Waals surface area contributed by atoms with Crippen molar-refractivity contribution in [3.63, 3.8) is 0 Å². The van der Waals surface area contributed by atoms with Crippen LogP contribution >= 0.6 is 15.9 Å². The molecule has 1 unspecified atom stereocenters. The number of benzene rings is 1. The second-order valence-corrected chi connectivity index (χ2v) is 5.24. The summed E-state index contributed by atoms with van der Waals surface area (Å²) < 4.78 is 0.735. The van der Waals surface area contributed by atoms with Crippen molar-refractivity contribution in [2.24, 2.45) is 0 Å². The molecule has 1 aliphatic heterocycles. The first-order chi connectivity index (χ1) is 8.63. The first-order valence-electron chi connectivity index (χ1n) is 6.04. The van der Waals surface area contributed by atoms with Crippen molar-refractivity contribution in [2.75, 3.05) is 24.5 Å². The summed E-state index contributed by atoms with van der Waals surface area (Å²) in [6.07, 6.45) is 1.03. The Morgan fingerprint density at radius 1 is 1.61 bits per heavy atom. The van der Waals surface area contributed by atoms with Crippen molar-refractivity contribution in [2.45, 2.75) is 19.4 Å². The number of likely N-dealkylation sites (N-methyl/N-ethyl adjacent to an activating group) is 1. The summed E-state index contributed by atoms with van der Waals surface area (Å²) in [5.74, 6) is 0. The maximum atomic E-state index is 11.2. The molecule has 0 bridgehead atoms. The zero-order valence-corrected chi connectivity index (χ0v) is 11.8. The van der Waals surface area contributed by atoms with Gasteiger partial charge in [-0.05, 0) is 32.0 Å². The lowest BCUT2D eigenvalue weighted by molar-refractivity contribution is -0.384. The van der Waals surface area contributed by atoms with E-state index in [0.29, 0.717) is 11.7 Å². The second-order valence-electron chi connectivity index (χ2n) is 4.32. The minimum absolute atomic E-state index is 0.165. The summed E-state index contributed by atoms with van der Waals surface area (Å²) in [6.45, 7) is 4.67. The molecule has 98 valence electrons. The normalized spacial score (nSPS) is 18.9. The molecule has 1 saturated heterocycles. The van der Waals surface area contributed by atoms with Crippen LogP contribution < -0.4 is 10.2 Å². The SMILES string of the molecule is CCN(c1ccc(Br)cc1[N+](=O)[O-])C1CCNC1. The summed E-state index contributed by atoms with van der Waals surface area (Å²) in [4.78, 5) is 13.0. The highest BCUT2D eigenvalue weighted by atomic mass is 79.9. The van der Waals surface area contributed by atoms with Crippen LogP contribution in [0.3, 0.4) is 0 Å². The number of nitrogens with one attached hydrogen (secondary N) is 1. The molecule has 1 atom stereocenters. The van der Waals surface area contributed by atoms with Gasteiger partial charge in [-0.3, -0.25) is 10.1 Å². The first kappa shape index (κ1) is 13.3. The van der Waals surface area contributed by atoms with Gasteiger partial charge in [0.05, 0.1) is 4.92 Å². The number of halogens is 1. The van der Waals surface area contributed by atoms with Crippen LogP contribution in [0.4, 0.5) is 11.4 Å². The molecule has 1 aliphatic rings. The predicted molar refractivity (Wildman–Crippen MR) is 75.1 cm³/mol. The average Bonchev–Trinajstić information content (AvgIpc) is 2.85. The first-order valence-corrected chi connectivity index (χ1v) is 6.84. The van der Waals surface area contributed by atoms with Crippen LogP contribution in [0.15, 0.2) is 22.7 Å². The van der Waals surface area contributed by atoms with Crippen LogP contribution in [0.25, 0.3) is 0 Å². The summed E-state index contributed by atoms with van der Waals surface area (Å²) >= 11 is 3.28. The van der Waals surface area contributed by atoms with E-state index in [9.17, 15) is 10.1 Å². The van der Waals surface area contributed by atoms with E-state index >= 15 is 0 Å². The van der Waals surface area contributed by atoms with Crippen molar-refractivity contribution in [3.8, 4) is 0 Å². The molecule has 1 aromatic carbocycles. The molecule has 5 nitrogen and oxygen atoms in total. The molecule has 0 saturated carbocycles. The highest BCUT2D eigenvalue weighted by molar-refractivity contribution is 9.10. The zero-order valence-electron chi connectivity index (χ0n) is 10.2. The fourth-order valence-corrected chi connectivity index (χ4v) is 2.77. The van der Waals surface area contributed by atoms with E-state index in [1.165, 1.54) is 0 Å². The molecule has 18 heavy (non-hydrogen) atoms. The van der Waals surface area contributed by atoms with Crippen molar-refractivity contribution in [1.29, 1.82) is 0 Å². The van der Waals surface area contributed by atoms with Crippen molar-refractivity contribution in [3.05, 3.63) is 32.8 Å². The van der Waals surface area contributed by atoms with Gasteiger partial charge >= 0.3 is 0 Å². The smallest absolute Gasteiger partial charge is 0.293 e. The van der Waals surface area contributed by atoms with E-state index in [2.05, 4.69) is 26.1 Å². The number of nitro groups is 1. The van der Waals surface area contributed by atoms with E-state index in [0.717, 1.165) is 30.5 Å². The molecular formula is C12H16BrN3O2. The van der Waals surface area contributed by atoms with E-state index in [4.69, 9.17) is 0 Å². The van der Waals surface area contributed by atoms with Gasteiger partial charge in [-0.1, -0.05) is 15.9 Å². The molecule has 0 radical (unpaired) electrons. The Labute approximate surface area is 114 Å². The van der Waals surface area contributed by atoms with Crippen molar-refractivity contribution >= 4 is 27.3 Å². The van der Waals surface area contributed by atoms with Crippen LogP contribution in [-0.2, 0) is 0 Å². The third kappa shape index (κ3) is 2.64. The van der Waals surface area contributed by atoms with Crippen LogP contribution in [0.1, 0.15) is 13.3 Å². The van der Waals surface area contributed by atoms with Gasteiger partial charge in [0.25, 0.3) is 5.69 Å². The fraction of sp³-hybridized carbons (Fsp3) is 0.500. The third-order valence-electron chi connectivity index (χ3n) is 3.26. The maximum Gasteiger partial charge on any atom is 0.293 e. The number of rotatable bonds is 4. The maximum absolute atomic E-state index is 11.2. The zero-order chi connectivity index (χ0) is 13.1. The largest absolute Gasteiger partial charge is 0.362 e. The van der Waals surface area contributed by atoms with E-state index in [1.54, 1.807) is 6.07 Å². The molecule has 6 heteroatoms. The lowest BCUT2D eigenvalue weighted by atomic mass is 10.1. The summed E-state index contributed by atoms with van der Waals surface area (Å²) in [5, 5.41) is 14.4. The van der Waals surface area contributed by atoms with Gasteiger partial charge < -0.3 is 10.2 Å². The number of nitrogens with zero attached hydrogens (tertiary/aromatic N) is 2. The van der Waals surface area contributed by atoms with E-state index < -0.39 is 0 Å². The quantitative estimate of drug-likeness (QED) is 0.685. The number of hydrogen-bond donors (Lipinski definition) is 1. The Morgan fingerprint density at radius 2 is 2.39 bits per heavy atom. The molecule has 0 amide bonds. The van der Waals surface area contributed by atoms with Crippen LogP contribution in [-0.4, -0.2) is 30.6 Å². The molecular weight excluding hydrogens is 298 g/mol. The fourth-order valence-electron chi connectivity index (χ4n) is 2.42. The van der Waals surface area contributed by atoms with Crippen LogP contribution in [0, 0.1) is 10.1 Å². The lowest BCUT2D eigenvalue weighted by Gasteiger charge is -2.29. The summed E-state index contributed by atoms with van der Waals surface area (Å²) in [7, 11) is 0. The summed E-state index contributed by atoms with van der Waals surface area (Å²) in [5.41, 5.74) is 0.873. The molecule has 1 aromatic rings. The molecule has 1 heterocycles. The minimum atomic E-state index is -0.314. The Hall–Kier alpha value is -1.14. The number of anilines is 1. The van der Waals surface area contributed by atoms with Gasteiger partial charge in [0.15, 0.2) is 0 Å². The molecule has 0 aromatic heterocycles. The Balaban J connectivity index is 2.37. The molecule has 1 N–H and O–H groups in total. The van der Waals surface area contributed by atoms with Crippen LogP contribution in [0.2, 0.25) is 0 Å². The lowest BCUT2D eigenvalue weighted by Crippen LogP contribution is -2.37. The Kier molecular flexibility index (Phi) is 4.19. The third-order valence-corrected chi connectivity index (χ3v) is 3.75. The molecule has 0 aliphatic carbocycles. The van der Waals surface area contributed by atoms with Gasteiger partial charge in [-0.25, -0.2) is 0 Å².